The third kappa shape index (κ3) is 4.90. The van der Waals surface area contributed by atoms with Crippen LogP contribution in [0.1, 0.15) is 52.7 Å². The molecule has 0 amide bonds. The fourth-order valence-corrected chi connectivity index (χ4v) is 1.82. The zero-order valence-corrected chi connectivity index (χ0v) is 12.2. The van der Waals surface area contributed by atoms with Gasteiger partial charge in [-0.25, -0.2) is 4.98 Å². The van der Waals surface area contributed by atoms with Crippen LogP contribution in [0.3, 0.4) is 0 Å². The molecule has 0 aliphatic heterocycles. The van der Waals surface area contributed by atoms with Crippen LogP contribution in [0.2, 0.25) is 0 Å². The summed E-state index contributed by atoms with van der Waals surface area (Å²) in [5.74, 6) is 1.32. The average Bonchev–Trinajstić information content (AvgIpc) is 2.26. The van der Waals surface area contributed by atoms with Crippen LogP contribution in [0.15, 0.2) is 6.07 Å². The fraction of sp³-hybridized carbons (Fsp3) is 0.714. The number of nitrogens with one attached hydrogen (secondary N) is 1. The van der Waals surface area contributed by atoms with E-state index < -0.39 is 0 Å². The van der Waals surface area contributed by atoms with E-state index in [-0.39, 0.29) is 6.10 Å². The third-order valence-corrected chi connectivity index (χ3v) is 2.65. The van der Waals surface area contributed by atoms with Crippen LogP contribution < -0.4 is 10.1 Å². The smallest absolute Gasteiger partial charge is 0.226 e. The molecular formula is C14H25N3O. The lowest BCUT2D eigenvalue weighted by atomic mass is 10.1. The number of nitrogens with zero attached hydrogens (tertiary/aromatic N) is 2. The highest BCUT2D eigenvalue weighted by atomic mass is 16.5. The fourth-order valence-electron chi connectivity index (χ4n) is 1.82. The summed E-state index contributed by atoms with van der Waals surface area (Å²) in [6.45, 7) is 10.3. The topological polar surface area (TPSA) is 47.0 Å². The standard InChI is InChI=1S/C14H25N3O/c1-6-8-12(7-2)16-14-15-11(5)9-13(17-14)18-10(3)4/h9-10,12H,6-8H2,1-5H3,(H,15,16,17). The summed E-state index contributed by atoms with van der Waals surface area (Å²) >= 11 is 0. The second kappa shape index (κ2) is 7.19. The molecule has 0 bridgehead atoms. The van der Waals surface area contributed by atoms with E-state index in [4.69, 9.17) is 4.74 Å². The van der Waals surface area contributed by atoms with Gasteiger partial charge in [0, 0.05) is 17.8 Å². The number of rotatable bonds is 7. The Morgan fingerprint density at radius 2 is 2.00 bits per heavy atom. The minimum atomic E-state index is 0.129. The minimum absolute atomic E-state index is 0.129. The molecule has 0 aliphatic carbocycles. The number of aromatic nitrogens is 2. The monoisotopic (exact) mass is 251 g/mol. The summed E-state index contributed by atoms with van der Waals surface area (Å²) < 4.78 is 5.62. The molecule has 0 aliphatic rings. The summed E-state index contributed by atoms with van der Waals surface area (Å²) in [4.78, 5) is 8.81. The van der Waals surface area contributed by atoms with Gasteiger partial charge in [0.05, 0.1) is 6.10 Å². The predicted molar refractivity (Wildman–Crippen MR) is 75.1 cm³/mol. The van der Waals surface area contributed by atoms with Crippen LogP contribution in [0.5, 0.6) is 5.88 Å². The average molecular weight is 251 g/mol. The van der Waals surface area contributed by atoms with E-state index in [1.807, 2.05) is 26.8 Å². The quantitative estimate of drug-likeness (QED) is 0.805. The Kier molecular flexibility index (Phi) is 5.89. The van der Waals surface area contributed by atoms with Crippen LogP contribution in [-0.2, 0) is 0 Å². The molecule has 0 saturated carbocycles. The molecule has 0 aromatic carbocycles. The van der Waals surface area contributed by atoms with E-state index >= 15 is 0 Å². The van der Waals surface area contributed by atoms with Crippen LogP contribution >= 0.6 is 0 Å². The highest BCUT2D eigenvalue weighted by Crippen LogP contribution is 2.15. The van der Waals surface area contributed by atoms with E-state index in [0.29, 0.717) is 17.9 Å². The summed E-state index contributed by atoms with van der Waals surface area (Å²) in [6.07, 6.45) is 3.50. The van der Waals surface area contributed by atoms with E-state index in [1.165, 1.54) is 0 Å². The van der Waals surface area contributed by atoms with Crippen molar-refractivity contribution in [2.75, 3.05) is 5.32 Å². The largest absolute Gasteiger partial charge is 0.475 e. The maximum absolute atomic E-state index is 5.62. The van der Waals surface area contributed by atoms with Crippen molar-refractivity contribution in [1.29, 1.82) is 0 Å². The molecule has 1 aromatic rings. The number of hydrogen-bond donors (Lipinski definition) is 1. The van der Waals surface area contributed by atoms with Gasteiger partial charge in [-0.1, -0.05) is 20.3 Å². The molecule has 4 heteroatoms. The Bertz CT molecular complexity index is 366. The van der Waals surface area contributed by atoms with Crippen molar-refractivity contribution in [2.45, 2.75) is 66.0 Å². The third-order valence-electron chi connectivity index (χ3n) is 2.65. The van der Waals surface area contributed by atoms with Crippen molar-refractivity contribution in [3.8, 4) is 5.88 Å². The molecule has 1 aromatic heterocycles. The molecule has 1 heterocycles. The highest BCUT2D eigenvalue weighted by Gasteiger charge is 2.09. The Labute approximate surface area is 110 Å². The SMILES string of the molecule is CCCC(CC)Nc1nc(C)cc(OC(C)C)n1. The van der Waals surface area contributed by atoms with E-state index in [0.717, 1.165) is 25.0 Å². The second-order valence-corrected chi connectivity index (χ2v) is 4.88. The molecule has 1 unspecified atom stereocenters. The maximum atomic E-state index is 5.62. The van der Waals surface area contributed by atoms with Gasteiger partial charge in [0.15, 0.2) is 0 Å². The lowest BCUT2D eigenvalue weighted by Gasteiger charge is -2.17. The van der Waals surface area contributed by atoms with E-state index in [9.17, 15) is 0 Å². The number of hydrogen-bond acceptors (Lipinski definition) is 4. The zero-order chi connectivity index (χ0) is 13.5. The van der Waals surface area contributed by atoms with Gasteiger partial charge in [-0.2, -0.15) is 4.98 Å². The molecule has 0 fully saturated rings. The zero-order valence-electron chi connectivity index (χ0n) is 12.2. The van der Waals surface area contributed by atoms with Crippen LogP contribution in [-0.4, -0.2) is 22.1 Å². The molecule has 4 nitrogen and oxygen atoms in total. The van der Waals surface area contributed by atoms with Crippen molar-refractivity contribution in [2.24, 2.45) is 0 Å². The molecule has 102 valence electrons. The molecule has 0 spiro atoms. The van der Waals surface area contributed by atoms with Crippen molar-refractivity contribution in [3.05, 3.63) is 11.8 Å². The molecule has 1 atom stereocenters. The van der Waals surface area contributed by atoms with Gasteiger partial charge in [-0.05, 0) is 33.6 Å². The summed E-state index contributed by atoms with van der Waals surface area (Å²) in [7, 11) is 0. The molecular weight excluding hydrogens is 226 g/mol. The molecule has 18 heavy (non-hydrogen) atoms. The van der Waals surface area contributed by atoms with Gasteiger partial charge in [-0.15, -0.1) is 0 Å². The van der Waals surface area contributed by atoms with Gasteiger partial charge in [-0.3, -0.25) is 0 Å². The number of anilines is 1. The van der Waals surface area contributed by atoms with E-state index in [1.54, 1.807) is 0 Å². The lowest BCUT2D eigenvalue weighted by molar-refractivity contribution is 0.232. The van der Waals surface area contributed by atoms with Crippen LogP contribution in [0.25, 0.3) is 0 Å². The van der Waals surface area contributed by atoms with Crippen molar-refractivity contribution in [3.63, 3.8) is 0 Å². The summed E-state index contributed by atoms with van der Waals surface area (Å²) in [6, 6.07) is 2.30. The number of aryl methyl sites for hydroxylation is 1. The number of ether oxygens (including phenoxy) is 1. The van der Waals surface area contributed by atoms with Crippen LogP contribution in [0.4, 0.5) is 5.95 Å². The Morgan fingerprint density at radius 3 is 2.56 bits per heavy atom. The maximum Gasteiger partial charge on any atom is 0.226 e. The second-order valence-electron chi connectivity index (χ2n) is 4.88. The van der Waals surface area contributed by atoms with Gasteiger partial charge < -0.3 is 10.1 Å². The van der Waals surface area contributed by atoms with E-state index in [2.05, 4.69) is 29.1 Å². The predicted octanol–water partition coefficient (Wildman–Crippen LogP) is 3.56. The molecule has 1 N–H and O–H groups in total. The normalized spacial score (nSPS) is 12.6. The molecule has 0 saturated heterocycles. The van der Waals surface area contributed by atoms with Crippen molar-refractivity contribution < 1.29 is 4.74 Å². The summed E-state index contributed by atoms with van der Waals surface area (Å²) in [5.41, 5.74) is 0.925. The van der Waals surface area contributed by atoms with Gasteiger partial charge in [0.25, 0.3) is 0 Å². The first-order valence-electron chi connectivity index (χ1n) is 6.84. The Hall–Kier alpha value is -1.32. The highest BCUT2D eigenvalue weighted by molar-refractivity contribution is 5.31. The Morgan fingerprint density at radius 1 is 1.28 bits per heavy atom. The van der Waals surface area contributed by atoms with Crippen LogP contribution in [0, 0.1) is 6.92 Å². The van der Waals surface area contributed by atoms with Gasteiger partial charge in [0.1, 0.15) is 0 Å². The molecule has 0 radical (unpaired) electrons. The first kappa shape index (κ1) is 14.7. The van der Waals surface area contributed by atoms with Gasteiger partial charge in [0.2, 0.25) is 11.8 Å². The molecule has 1 rings (SSSR count). The minimum Gasteiger partial charge on any atom is -0.475 e. The van der Waals surface area contributed by atoms with Gasteiger partial charge >= 0.3 is 0 Å². The first-order valence-corrected chi connectivity index (χ1v) is 6.84. The van der Waals surface area contributed by atoms with Crippen molar-refractivity contribution in [1.82, 2.24) is 9.97 Å². The lowest BCUT2D eigenvalue weighted by Crippen LogP contribution is -2.20. The Balaban J connectivity index is 2.78. The summed E-state index contributed by atoms with van der Waals surface area (Å²) in [5, 5.41) is 3.38. The van der Waals surface area contributed by atoms with Crippen molar-refractivity contribution >= 4 is 5.95 Å². The first-order chi connectivity index (χ1) is 8.55.